The fraction of sp³-hybridized carbons (Fsp3) is 0.350. The topological polar surface area (TPSA) is 48.3 Å². The van der Waals surface area contributed by atoms with Crippen molar-refractivity contribution in [2.75, 3.05) is 38.2 Å². The number of ether oxygens (including phenoxy) is 1. The molecular weight excluding hydrogens is 336 g/mol. The third kappa shape index (κ3) is 4.18. The van der Waals surface area contributed by atoms with Gasteiger partial charge in [-0.1, -0.05) is 29.8 Å². The molecule has 0 bridgehead atoms. The lowest BCUT2D eigenvalue weighted by Crippen LogP contribution is -2.41. The van der Waals surface area contributed by atoms with Crippen molar-refractivity contribution in [2.24, 2.45) is 0 Å². The maximum atomic E-state index is 14.2. The summed E-state index contributed by atoms with van der Waals surface area (Å²) in [6.07, 6.45) is 0. The summed E-state index contributed by atoms with van der Waals surface area (Å²) < 4.78 is 33.7. The normalized spacial score (nSPS) is 16.1. The van der Waals surface area contributed by atoms with E-state index in [0.29, 0.717) is 19.8 Å². The molecule has 0 amide bonds. The molecule has 2 aromatic carbocycles. The minimum Gasteiger partial charge on any atom is -0.379 e. The summed E-state index contributed by atoms with van der Waals surface area (Å²) in [5.74, 6) is -1.52. The Labute approximate surface area is 152 Å². The molecule has 3 rings (SSSR count). The first-order valence-corrected chi connectivity index (χ1v) is 8.60. The molecule has 4 nitrogen and oxygen atoms in total. The maximum Gasteiger partial charge on any atom is 0.150 e. The number of aryl methyl sites for hydroxylation is 1. The SMILES string of the molecule is Cc1ccc(C(CNc2c(F)cc(C#N)cc2F)N2CCOCC2)cc1. The molecule has 0 radical (unpaired) electrons. The predicted molar refractivity (Wildman–Crippen MR) is 95.9 cm³/mol. The van der Waals surface area contributed by atoms with E-state index in [4.69, 9.17) is 10.00 Å². The van der Waals surface area contributed by atoms with Gasteiger partial charge < -0.3 is 10.1 Å². The maximum absolute atomic E-state index is 14.2. The van der Waals surface area contributed by atoms with E-state index in [9.17, 15) is 8.78 Å². The lowest BCUT2D eigenvalue weighted by molar-refractivity contribution is 0.0187. The summed E-state index contributed by atoms with van der Waals surface area (Å²) in [6, 6.07) is 12.0. The summed E-state index contributed by atoms with van der Waals surface area (Å²) in [5, 5.41) is 11.7. The Hall–Kier alpha value is -2.49. The van der Waals surface area contributed by atoms with Crippen LogP contribution in [0.5, 0.6) is 0 Å². The number of rotatable bonds is 5. The molecular formula is C20H21F2N3O. The van der Waals surface area contributed by atoms with Gasteiger partial charge >= 0.3 is 0 Å². The number of hydrogen-bond acceptors (Lipinski definition) is 4. The molecule has 1 atom stereocenters. The first-order valence-electron chi connectivity index (χ1n) is 8.60. The highest BCUT2D eigenvalue weighted by Crippen LogP contribution is 2.26. The minimum absolute atomic E-state index is 0.0334. The Morgan fingerprint density at radius 1 is 1.15 bits per heavy atom. The summed E-state index contributed by atoms with van der Waals surface area (Å²) in [5.41, 5.74) is 2.01. The van der Waals surface area contributed by atoms with E-state index in [2.05, 4.69) is 10.2 Å². The number of halogens is 2. The van der Waals surface area contributed by atoms with Crippen LogP contribution in [0.3, 0.4) is 0 Å². The smallest absolute Gasteiger partial charge is 0.150 e. The van der Waals surface area contributed by atoms with Crippen LogP contribution in [0.25, 0.3) is 0 Å². The average molecular weight is 357 g/mol. The second-order valence-corrected chi connectivity index (χ2v) is 6.38. The Bertz CT molecular complexity index is 773. The standard InChI is InChI=1S/C20H21F2N3O/c1-14-2-4-16(5-3-14)19(25-6-8-26-9-7-25)13-24-20-17(21)10-15(12-23)11-18(20)22/h2-5,10-11,19,24H,6-9,13H2,1H3. The Balaban J connectivity index is 1.82. The van der Waals surface area contributed by atoms with Crippen molar-refractivity contribution in [2.45, 2.75) is 13.0 Å². The van der Waals surface area contributed by atoms with Gasteiger partial charge in [-0.3, -0.25) is 4.90 Å². The predicted octanol–water partition coefficient (Wildman–Crippen LogP) is 3.63. The highest BCUT2D eigenvalue weighted by molar-refractivity contribution is 5.50. The molecule has 26 heavy (non-hydrogen) atoms. The van der Waals surface area contributed by atoms with Crippen molar-refractivity contribution < 1.29 is 13.5 Å². The largest absolute Gasteiger partial charge is 0.379 e. The van der Waals surface area contributed by atoms with Crippen molar-refractivity contribution in [1.82, 2.24) is 4.90 Å². The number of benzene rings is 2. The second kappa shape index (κ2) is 8.26. The zero-order valence-corrected chi connectivity index (χ0v) is 14.6. The monoisotopic (exact) mass is 357 g/mol. The first-order chi connectivity index (χ1) is 12.6. The molecule has 0 spiro atoms. The fourth-order valence-electron chi connectivity index (χ4n) is 3.14. The van der Waals surface area contributed by atoms with Crippen LogP contribution in [0.1, 0.15) is 22.7 Å². The van der Waals surface area contributed by atoms with Gasteiger partial charge in [-0.25, -0.2) is 8.78 Å². The fourth-order valence-corrected chi connectivity index (χ4v) is 3.14. The second-order valence-electron chi connectivity index (χ2n) is 6.38. The number of nitrogens with zero attached hydrogens (tertiary/aromatic N) is 2. The van der Waals surface area contributed by atoms with E-state index in [1.807, 2.05) is 31.2 Å². The number of nitrogens with one attached hydrogen (secondary N) is 1. The minimum atomic E-state index is -0.758. The molecule has 6 heteroatoms. The van der Waals surface area contributed by atoms with Gasteiger partial charge in [-0.05, 0) is 24.6 Å². The van der Waals surface area contributed by atoms with Crippen LogP contribution in [0.2, 0.25) is 0 Å². The van der Waals surface area contributed by atoms with Crippen molar-refractivity contribution in [3.05, 3.63) is 64.7 Å². The summed E-state index contributed by atoms with van der Waals surface area (Å²) in [7, 11) is 0. The van der Waals surface area contributed by atoms with Crippen LogP contribution in [-0.4, -0.2) is 37.7 Å². The highest BCUT2D eigenvalue weighted by Gasteiger charge is 2.23. The molecule has 1 heterocycles. The molecule has 1 fully saturated rings. The van der Waals surface area contributed by atoms with Crippen LogP contribution in [0, 0.1) is 29.9 Å². The molecule has 136 valence electrons. The Morgan fingerprint density at radius 3 is 2.35 bits per heavy atom. The van der Waals surface area contributed by atoms with Gasteiger partial charge in [-0.2, -0.15) is 5.26 Å². The van der Waals surface area contributed by atoms with Crippen molar-refractivity contribution in [3.8, 4) is 6.07 Å². The lowest BCUT2D eigenvalue weighted by atomic mass is 10.0. The quantitative estimate of drug-likeness (QED) is 0.888. The van der Waals surface area contributed by atoms with E-state index in [1.165, 1.54) is 0 Å². The third-order valence-corrected chi connectivity index (χ3v) is 4.59. The van der Waals surface area contributed by atoms with Crippen LogP contribution >= 0.6 is 0 Å². The van der Waals surface area contributed by atoms with E-state index < -0.39 is 11.6 Å². The third-order valence-electron chi connectivity index (χ3n) is 4.59. The van der Waals surface area contributed by atoms with Gasteiger partial charge in [0.25, 0.3) is 0 Å². The van der Waals surface area contributed by atoms with E-state index in [1.54, 1.807) is 6.07 Å². The number of nitriles is 1. The summed E-state index contributed by atoms with van der Waals surface area (Å²) in [6.45, 7) is 5.18. The van der Waals surface area contributed by atoms with E-state index in [-0.39, 0.29) is 17.3 Å². The molecule has 1 unspecified atom stereocenters. The van der Waals surface area contributed by atoms with Crippen LogP contribution in [-0.2, 0) is 4.74 Å². The van der Waals surface area contributed by atoms with Gasteiger partial charge in [0.1, 0.15) is 5.69 Å². The number of anilines is 1. The van der Waals surface area contributed by atoms with Crippen LogP contribution in [0.15, 0.2) is 36.4 Å². The van der Waals surface area contributed by atoms with Crippen molar-refractivity contribution in [1.29, 1.82) is 5.26 Å². The summed E-state index contributed by atoms with van der Waals surface area (Å²) in [4.78, 5) is 2.25. The summed E-state index contributed by atoms with van der Waals surface area (Å²) >= 11 is 0. The molecule has 1 aliphatic heterocycles. The Morgan fingerprint density at radius 2 is 1.77 bits per heavy atom. The van der Waals surface area contributed by atoms with Gasteiger partial charge in [0.2, 0.25) is 0 Å². The molecule has 1 saturated heterocycles. The molecule has 0 saturated carbocycles. The zero-order valence-electron chi connectivity index (χ0n) is 14.6. The molecule has 1 N–H and O–H groups in total. The molecule has 0 aromatic heterocycles. The first kappa shape index (κ1) is 18.3. The lowest BCUT2D eigenvalue weighted by Gasteiger charge is -2.35. The van der Waals surface area contributed by atoms with E-state index >= 15 is 0 Å². The molecule has 2 aromatic rings. The molecule has 1 aliphatic rings. The van der Waals surface area contributed by atoms with Crippen LogP contribution in [0.4, 0.5) is 14.5 Å². The van der Waals surface area contributed by atoms with Crippen molar-refractivity contribution >= 4 is 5.69 Å². The van der Waals surface area contributed by atoms with Gasteiger partial charge in [0, 0.05) is 19.6 Å². The Kier molecular flexibility index (Phi) is 5.82. The highest BCUT2D eigenvalue weighted by atomic mass is 19.1. The average Bonchev–Trinajstić information content (AvgIpc) is 2.65. The van der Waals surface area contributed by atoms with Gasteiger partial charge in [0.05, 0.1) is 30.9 Å². The zero-order chi connectivity index (χ0) is 18.5. The van der Waals surface area contributed by atoms with Gasteiger partial charge in [0.15, 0.2) is 11.6 Å². The number of morpholine rings is 1. The molecule has 0 aliphatic carbocycles. The van der Waals surface area contributed by atoms with Crippen molar-refractivity contribution in [3.63, 3.8) is 0 Å². The number of hydrogen-bond donors (Lipinski definition) is 1. The van der Waals surface area contributed by atoms with E-state index in [0.717, 1.165) is 36.3 Å². The van der Waals surface area contributed by atoms with Gasteiger partial charge in [-0.15, -0.1) is 0 Å². The van der Waals surface area contributed by atoms with Crippen LogP contribution < -0.4 is 5.32 Å².